The first-order chi connectivity index (χ1) is 13.4. The van der Waals surface area contributed by atoms with E-state index in [1.165, 1.54) is 37.7 Å². The second kappa shape index (κ2) is 8.89. The van der Waals surface area contributed by atoms with Crippen LogP contribution in [0.4, 0.5) is 17.1 Å². The largest absolute Gasteiger partial charge is 0.370 e. The van der Waals surface area contributed by atoms with Gasteiger partial charge in [0.1, 0.15) is 0 Å². The van der Waals surface area contributed by atoms with Gasteiger partial charge in [-0.3, -0.25) is 0 Å². The molecule has 1 heterocycles. The Kier molecular flexibility index (Phi) is 6.53. The average Bonchev–Trinajstić information content (AvgIpc) is 2.69. The van der Waals surface area contributed by atoms with Gasteiger partial charge in [-0.05, 0) is 61.8 Å². The van der Waals surface area contributed by atoms with Crippen LogP contribution in [0.2, 0.25) is 0 Å². The minimum absolute atomic E-state index is 0.221. The molecule has 1 aliphatic heterocycles. The Morgan fingerprint density at radius 1 is 1.00 bits per heavy atom. The normalized spacial score (nSPS) is 14.8. The molecule has 2 aromatic carbocycles. The van der Waals surface area contributed by atoms with E-state index in [2.05, 4.69) is 21.6 Å². The van der Waals surface area contributed by atoms with Gasteiger partial charge in [0.05, 0.1) is 16.3 Å². The van der Waals surface area contributed by atoms with Crippen molar-refractivity contribution in [3.05, 3.63) is 48.5 Å². The van der Waals surface area contributed by atoms with E-state index in [0.29, 0.717) is 10.8 Å². The first kappa shape index (κ1) is 20.6. The molecule has 2 aromatic rings. The lowest BCUT2D eigenvalue weighted by Gasteiger charge is -2.30. The van der Waals surface area contributed by atoms with E-state index in [4.69, 9.17) is 12.2 Å². The summed E-state index contributed by atoms with van der Waals surface area (Å²) in [6, 6.07) is 14.7. The summed E-state index contributed by atoms with van der Waals surface area (Å²) >= 11 is 5.47. The van der Waals surface area contributed by atoms with Crippen LogP contribution in [0.3, 0.4) is 0 Å². The molecule has 6 nitrogen and oxygen atoms in total. The van der Waals surface area contributed by atoms with Gasteiger partial charge in [0.2, 0.25) is 10.0 Å². The third-order valence-corrected chi connectivity index (χ3v) is 6.73. The number of hydrogen-bond donors (Lipinski definition) is 2. The van der Waals surface area contributed by atoms with Crippen molar-refractivity contribution in [2.75, 3.05) is 42.7 Å². The van der Waals surface area contributed by atoms with Crippen molar-refractivity contribution in [1.82, 2.24) is 4.31 Å². The molecular formula is C20H26N4O2S2. The first-order valence-corrected chi connectivity index (χ1v) is 11.2. The number of nitrogens with zero attached hydrogens (tertiary/aromatic N) is 2. The Hall–Kier alpha value is -2.16. The highest BCUT2D eigenvalue weighted by Gasteiger charge is 2.18. The number of thiocarbonyl (C=S) groups is 1. The van der Waals surface area contributed by atoms with E-state index in [-0.39, 0.29) is 4.90 Å². The van der Waals surface area contributed by atoms with E-state index >= 15 is 0 Å². The summed E-state index contributed by atoms with van der Waals surface area (Å²) in [5, 5.41) is 6.77. The summed E-state index contributed by atoms with van der Waals surface area (Å²) in [5.41, 5.74) is 2.70. The van der Waals surface area contributed by atoms with Crippen LogP contribution in [-0.2, 0) is 10.0 Å². The monoisotopic (exact) mass is 418 g/mol. The van der Waals surface area contributed by atoms with Crippen molar-refractivity contribution in [2.45, 2.75) is 24.2 Å². The third-order valence-electron chi connectivity index (χ3n) is 4.72. The smallest absolute Gasteiger partial charge is 0.242 e. The molecule has 2 N–H and O–H groups in total. The molecule has 0 spiro atoms. The third kappa shape index (κ3) is 4.81. The van der Waals surface area contributed by atoms with Gasteiger partial charge >= 0.3 is 0 Å². The summed E-state index contributed by atoms with van der Waals surface area (Å²) < 4.78 is 25.8. The topological polar surface area (TPSA) is 64.7 Å². The van der Waals surface area contributed by atoms with Crippen molar-refractivity contribution in [1.29, 1.82) is 0 Å². The number of para-hydroxylation sites is 2. The highest BCUT2D eigenvalue weighted by molar-refractivity contribution is 7.89. The van der Waals surface area contributed by atoms with Gasteiger partial charge in [0.15, 0.2) is 5.11 Å². The van der Waals surface area contributed by atoms with E-state index in [1.807, 2.05) is 18.2 Å². The van der Waals surface area contributed by atoms with Crippen LogP contribution in [-0.4, -0.2) is 45.0 Å². The van der Waals surface area contributed by atoms with Gasteiger partial charge in [-0.2, -0.15) is 0 Å². The quantitative estimate of drug-likeness (QED) is 0.722. The molecule has 0 aliphatic carbocycles. The van der Waals surface area contributed by atoms with E-state index in [9.17, 15) is 8.42 Å². The zero-order chi connectivity index (χ0) is 20.1. The van der Waals surface area contributed by atoms with Crippen molar-refractivity contribution in [2.24, 2.45) is 0 Å². The zero-order valence-electron chi connectivity index (χ0n) is 16.2. The molecule has 0 saturated carbocycles. The second-order valence-electron chi connectivity index (χ2n) is 6.96. The Morgan fingerprint density at radius 2 is 1.71 bits per heavy atom. The molecule has 0 amide bonds. The molecule has 150 valence electrons. The van der Waals surface area contributed by atoms with Gasteiger partial charge in [0, 0.05) is 32.9 Å². The van der Waals surface area contributed by atoms with Gasteiger partial charge < -0.3 is 15.5 Å². The molecule has 0 aromatic heterocycles. The summed E-state index contributed by atoms with van der Waals surface area (Å²) in [4.78, 5) is 2.60. The zero-order valence-corrected chi connectivity index (χ0v) is 17.8. The minimum atomic E-state index is -3.49. The Labute approximate surface area is 172 Å². The number of anilines is 3. The molecule has 28 heavy (non-hydrogen) atoms. The number of sulfonamides is 1. The maximum Gasteiger partial charge on any atom is 0.242 e. The predicted molar refractivity (Wildman–Crippen MR) is 120 cm³/mol. The van der Waals surface area contributed by atoms with Crippen molar-refractivity contribution < 1.29 is 8.42 Å². The van der Waals surface area contributed by atoms with E-state index in [1.54, 1.807) is 24.3 Å². The molecule has 0 unspecified atom stereocenters. The molecule has 8 heteroatoms. The lowest BCUT2D eigenvalue weighted by Crippen LogP contribution is -2.30. The van der Waals surface area contributed by atoms with Crippen LogP contribution in [0, 0.1) is 0 Å². The summed E-state index contributed by atoms with van der Waals surface area (Å²) in [6.07, 6.45) is 3.67. The molecule has 1 fully saturated rings. The van der Waals surface area contributed by atoms with Crippen LogP contribution >= 0.6 is 12.2 Å². The maximum atomic E-state index is 12.3. The summed E-state index contributed by atoms with van der Waals surface area (Å²) in [7, 11) is -0.466. The Balaban J connectivity index is 1.73. The number of rotatable bonds is 5. The van der Waals surface area contributed by atoms with Crippen molar-refractivity contribution >= 4 is 44.4 Å². The minimum Gasteiger partial charge on any atom is -0.370 e. The number of hydrogen-bond acceptors (Lipinski definition) is 4. The predicted octanol–water partition coefficient (Wildman–Crippen LogP) is 3.74. The van der Waals surface area contributed by atoms with Gasteiger partial charge in [-0.25, -0.2) is 12.7 Å². The second-order valence-corrected chi connectivity index (χ2v) is 9.52. The van der Waals surface area contributed by atoms with Gasteiger partial charge in [-0.15, -0.1) is 0 Å². The maximum absolute atomic E-state index is 12.3. The van der Waals surface area contributed by atoms with Crippen LogP contribution in [0.25, 0.3) is 0 Å². The number of nitrogens with one attached hydrogen (secondary N) is 2. The van der Waals surface area contributed by atoms with Crippen LogP contribution in [0.5, 0.6) is 0 Å². The summed E-state index contributed by atoms with van der Waals surface area (Å²) in [5.74, 6) is 0. The van der Waals surface area contributed by atoms with Crippen LogP contribution < -0.4 is 15.5 Å². The lowest BCUT2D eigenvalue weighted by molar-refractivity contribution is 0.521. The molecule has 1 saturated heterocycles. The fourth-order valence-corrected chi connectivity index (χ4v) is 4.40. The molecular weight excluding hydrogens is 392 g/mol. The lowest BCUT2D eigenvalue weighted by atomic mass is 10.1. The van der Waals surface area contributed by atoms with Crippen LogP contribution in [0.15, 0.2) is 53.4 Å². The first-order valence-electron chi connectivity index (χ1n) is 9.32. The summed E-state index contributed by atoms with van der Waals surface area (Å²) in [6.45, 7) is 2.09. The fourth-order valence-electron chi connectivity index (χ4n) is 3.22. The van der Waals surface area contributed by atoms with Gasteiger partial charge in [-0.1, -0.05) is 18.2 Å². The number of benzene rings is 2. The standard InChI is InChI=1S/C20H26N4O2S2/c1-23(2)28(25,26)17-10-8-9-16(15-17)21-20(27)22-18-11-4-5-12-19(18)24-13-6-3-7-14-24/h4-5,8-12,15H,3,6-7,13-14H2,1-2H3,(H2,21,22,27). The number of piperidine rings is 1. The Morgan fingerprint density at radius 3 is 2.43 bits per heavy atom. The molecule has 0 radical (unpaired) electrons. The van der Waals surface area contributed by atoms with E-state index < -0.39 is 10.0 Å². The van der Waals surface area contributed by atoms with Crippen molar-refractivity contribution in [3.8, 4) is 0 Å². The highest BCUT2D eigenvalue weighted by Crippen LogP contribution is 2.28. The SMILES string of the molecule is CN(C)S(=O)(=O)c1cccc(NC(=S)Nc2ccccc2N2CCCCC2)c1. The fraction of sp³-hybridized carbons (Fsp3) is 0.350. The van der Waals surface area contributed by atoms with Crippen molar-refractivity contribution in [3.63, 3.8) is 0 Å². The molecule has 0 atom stereocenters. The molecule has 1 aliphatic rings. The Bertz CT molecular complexity index is 939. The average molecular weight is 419 g/mol. The van der Waals surface area contributed by atoms with E-state index in [0.717, 1.165) is 24.5 Å². The highest BCUT2D eigenvalue weighted by atomic mass is 32.2. The molecule has 0 bridgehead atoms. The van der Waals surface area contributed by atoms with Gasteiger partial charge in [0.25, 0.3) is 0 Å². The molecule has 3 rings (SSSR count). The van der Waals surface area contributed by atoms with Crippen LogP contribution in [0.1, 0.15) is 19.3 Å².